The SMILES string of the molecule is CCC1(C)CCN(C(=NCC2CCS(=O)(=O)C2)NCC2CCCCC2)C1. The van der Waals surface area contributed by atoms with E-state index in [9.17, 15) is 8.42 Å². The summed E-state index contributed by atoms with van der Waals surface area (Å²) in [5.41, 5.74) is 0.379. The molecule has 2 heterocycles. The molecular formula is C20H37N3O2S. The zero-order valence-corrected chi connectivity index (χ0v) is 17.5. The molecule has 150 valence electrons. The van der Waals surface area contributed by atoms with Gasteiger partial charge in [-0.3, -0.25) is 4.99 Å². The van der Waals surface area contributed by atoms with Crippen molar-refractivity contribution < 1.29 is 8.42 Å². The predicted molar refractivity (Wildman–Crippen MR) is 108 cm³/mol. The lowest BCUT2D eigenvalue weighted by molar-refractivity contribution is 0.317. The van der Waals surface area contributed by atoms with Crippen molar-refractivity contribution in [3.63, 3.8) is 0 Å². The Kier molecular flexibility index (Phi) is 6.52. The van der Waals surface area contributed by atoms with Gasteiger partial charge in [0.05, 0.1) is 11.5 Å². The van der Waals surface area contributed by atoms with Crippen molar-refractivity contribution in [3.05, 3.63) is 0 Å². The third-order valence-corrected chi connectivity index (χ3v) is 8.65. The largest absolute Gasteiger partial charge is 0.356 e. The molecule has 5 nitrogen and oxygen atoms in total. The molecule has 3 aliphatic rings. The maximum Gasteiger partial charge on any atom is 0.193 e. The van der Waals surface area contributed by atoms with Gasteiger partial charge in [0, 0.05) is 26.2 Å². The Balaban J connectivity index is 1.61. The summed E-state index contributed by atoms with van der Waals surface area (Å²) in [6.07, 6.45) is 9.93. The van der Waals surface area contributed by atoms with Crippen molar-refractivity contribution in [1.29, 1.82) is 0 Å². The molecule has 0 aromatic rings. The minimum absolute atomic E-state index is 0.201. The van der Waals surface area contributed by atoms with Gasteiger partial charge in [-0.05, 0) is 49.4 Å². The molecule has 2 aliphatic heterocycles. The molecule has 1 aliphatic carbocycles. The molecule has 2 unspecified atom stereocenters. The minimum atomic E-state index is -2.82. The Morgan fingerprint density at radius 1 is 1.19 bits per heavy atom. The van der Waals surface area contributed by atoms with Crippen LogP contribution in [0.2, 0.25) is 0 Å². The van der Waals surface area contributed by atoms with E-state index in [1.807, 2.05) is 0 Å². The summed E-state index contributed by atoms with van der Waals surface area (Å²) in [6, 6.07) is 0. The monoisotopic (exact) mass is 383 g/mol. The van der Waals surface area contributed by atoms with Gasteiger partial charge in [-0.15, -0.1) is 0 Å². The zero-order valence-electron chi connectivity index (χ0n) is 16.7. The molecular weight excluding hydrogens is 346 g/mol. The average Bonchev–Trinajstić information content (AvgIpc) is 3.19. The van der Waals surface area contributed by atoms with E-state index in [-0.39, 0.29) is 5.92 Å². The quantitative estimate of drug-likeness (QED) is 0.585. The summed E-state index contributed by atoms with van der Waals surface area (Å²) in [5.74, 6) is 2.65. The first kappa shape index (κ1) is 20.0. The van der Waals surface area contributed by atoms with Crippen molar-refractivity contribution >= 4 is 15.8 Å². The second-order valence-electron chi connectivity index (χ2n) is 9.15. The number of nitrogens with one attached hydrogen (secondary N) is 1. The minimum Gasteiger partial charge on any atom is -0.356 e. The first-order chi connectivity index (χ1) is 12.4. The molecule has 1 saturated carbocycles. The highest BCUT2D eigenvalue weighted by molar-refractivity contribution is 7.91. The highest BCUT2D eigenvalue weighted by atomic mass is 32.2. The van der Waals surface area contributed by atoms with Crippen molar-refractivity contribution in [2.75, 3.05) is 37.7 Å². The van der Waals surface area contributed by atoms with Crippen LogP contribution in [0, 0.1) is 17.3 Å². The van der Waals surface area contributed by atoms with Gasteiger partial charge >= 0.3 is 0 Å². The third kappa shape index (κ3) is 5.37. The van der Waals surface area contributed by atoms with Gasteiger partial charge in [-0.2, -0.15) is 0 Å². The molecule has 0 bridgehead atoms. The molecule has 0 spiro atoms. The Bertz CT molecular complexity index is 598. The van der Waals surface area contributed by atoms with Gasteiger partial charge in [0.25, 0.3) is 0 Å². The van der Waals surface area contributed by atoms with Gasteiger partial charge in [-0.25, -0.2) is 8.42 Å². The van der Waals surface area contributed by atoms with Crippen LogP contribution in [0.5, 0.6) is 0 Å². The van der Waals surface area contributed by atoms with Gasteiger partial charge in [-0.1, -0.05) is 33.1 Å². The van der Waals surface area contributed by atoms with Crippen LogP contribution >= 0.6 is 0 Å². The topological polar surface area (TPSA) is 61.8 Å². The first-order valence-corrected chi connectivity index (χ1v) is 12.4. The third-order valence-electron chi connectivity index (χ3n) is 6.81. The maximum atomic E-state index is 11.7. The fraction of sp³-hybridized carbons (Fsp3) is 0.950. The van der Waals surface area contributed by atoms with Gasteiger partial charge < -0.3 is 10.2 Å². The van der Waals surface area contributed by atoms with Gasteiger partial charge in [0.2, 0.25) is 0 Å². The van der Waals surface area contributed by atoms with Crippen LogP contribution in [-0.2, 0) is 9.84 Å². The van der Waals surface area contributed by atoms with E-state index in [0.717, 1.165) is 37.9 Å². The number of hydrogen-bond donors (Lipinski definition) is 1. The Morgan fingerprint density at radius 3 is 2.58 bits per heavy atom. The molecule has 2 saturated heterocycles. The summed E-state index contributed by atoms with van der Waals surface area (Å²) in [7, 11) is -2.82. The van der Waals surface area contributed by atoms with Crippen LogP contribution in [-0.4, -0.2) is 57.0 Å². The number of aliphatic imine (C=N–C) groups is 1. The van der Waals surface area contributed by atoms with Crippen LogP contribution in [0.25, 0.3) is 0 Å². The Hall–Kier alpha value is -0.780. The Morgan fingerprint density at radius 2 is 1.96 bits per heavy atom. The number of sulfone groups is 1. The highest BCUT2D eigenvalue weighted by Gasteiger charge is 2.34. The van der Waals surface area contributed by atoms with Crippen LogP contribution in [0.1, 0.15) is 65.2 Å². The fourth-order valence-corrected chi connectivity index (χ4v) is 6.47. The lowest BCUT2D eigenvalue weighted by Crippen LogP contribution is -2.43. The lowest BCUT2D eigenvalue weighted by Gasteiger charge is -2.28. The highest BCUT2D eigenvalue weighted by Crippen LogP contribution is 2.33. The van der Waals surface area contributed by atoms with E-state index in [1.165, 1.54) is 44.9 Å². The van der Waals surface area contributed by atoms with Crippen molar-refractivity contribution in [3.8, 4) is 0 Å². The molecule has 0 aromatic heterocycles. The predicted octanol–water partition coefficient (Wildman–Crippen LogP) is 3.07. The number of hydrogen-bond acceptors (Lipinski definition) is 3. The molecule has 0 radical (unpaired) electrons. The maximum absolute atomic E-state index is 11.7. The molecule has 3 rings (SSSR count). The molecule has 1 N–H and O–H groups in total. The van der Waals surface area contributed by atoms with Crippen LogP contribution in [0.15, 0.2) is 4.99 Å². The standard InChI is InChI=1S/C20H37N3O2S/c1-3-20(2)10-11-23(16-20)19(21-13-17-7-5-4-6-8-17)22-14-18-9-12-26(24,25)15-18/h17-18H,3-16H2,1-2H3,(H,21,22). The first-order valence-electron chi connectivity index (χ1n) is 10.6. The fourth-order valence-electron chi connectivity index (χ4n) is 4.62. The molecule has 26 heavy (non-hydrogen) atoms. The van der Waals surface area contributed by atoms with E-state index in [2.05, 4.69) is 24.1 Å². The van der Waals surface area contributed by atoms with Crippen molar-refractivity contribution in [2.45, 2.75) is 65.2 Å². The van der Waals surface area contributed by atoms with E-state index >= 15 is 0 Å². The second kappa shape index (κ2) is 8.49. The Labute approximate surface area is 159 Å². The zero-order chi connectivity index (χ0) is 18.6. The van der Waals surface area contributed by atoms with E-state index in [1.54, 1.807) is 0 Å². The van der Waals surface area contributed by atoms with Crippen LogP contribution in [0.4, 0.5) is 0 Å². The number of rotatable bonds is 5. The van der Waals surface area contributed by atoms with Gasteiger partial charge in [0.15, 0.2) is 15.8 Å². The van der Waals surface area contributed by atoms with E-state index < -0.39 is 9.84 Å². The summed E-state index contributed by atoms with van der Waals surface area (Å²) in [4.78, 5) is 7.32. The summed E-state index contributed by atoms with van der Waals surface area (Å²) in [5, 5.41) is 3.66. The summed E-state index contributed by atoms with van der Waals surface area (Å²) in [6.45, 7) is 8.42. The second-order valence-corrected chi connectivity index (χ2v) is 11.4. The van der Waals surface area contributed by atoms with Crippen LogP contribution in [0.3, 0.4) is 0 Å². The normalized spacial score (nSPS) is 32.9. The van der Waals surface area contributed by atoms with Crippen molar-refractivity contribution in [2.24, 2.45) is 22.2 Å². The molecule has 0 aromatic carbocycles. The number of nitrogens with zero attached hydrogens (tertiary/aromatic N) is 2. The van der Waals surface area contributed by atoms with E-state index in [0.29, 0.717) is 23.5 Å². The number of likely N-dealkylation sites (tertiary alicyclic amines) is 1. The van der Waals surface area contributed by atoms with Crippen LogP contribution < -0.4 is 5.32 Å². The summed E-state index contributed by atoms with van der Waals surface area (Å²) >= 11 is 0. The molecule has 2 atom stereocenters. The molecule has 3 fully saturated rings. The number of guanidine groups is 1. The van der Waals surface area contributed by atoms with Crippen molar-refractivity contribution in [1.82, 2.24) is 10.2 Å². The van der Waals surface area contributed by atoms with Gasteiger partial charge in [0.1, 0.15) is 0 Å². The average molecular weight is 384 g/mol. The smallest absolute Gasteiger partial charge is 0.193 e. The van der Waals surface area contributed by atoms with E-state index in [4.69, 9.17) is 4.99 Å². The lowest BCUT2D eigenvalue weighted by atomic mass is 9.87. The summed E-state index contributed by atoms with van der Waals surface area (Å²) < 4.78 is 23.4. The molecule has 0 amide bonds. The molecule has 6 heteroatoms.